The van der Waals surface area contributed by atoms with Crippen molar-refractivity contribution in [2.75, 3.05) is 6.61 Å². The van der Waals surface area contributed by atoms with Gasteiger partial charge in [-0.05, 0) is 18.6 Å². The lowest BCUT2D eigenvalue weighted by molar-refractivity contribution is 0.337. The van der Waals surface area contributed by atoms with Gasteiger partial charge in [0.25, 0.3) is 10.1 Å². The van der Waals surface area contributed by atoms with Gasteiger partial charge >= 0.3 is 0 Å². The summed E-state index contributed by atoms with van der Waals surface area (Å²) in [7, 11) is -3.53. The molecule has 104 valence electrons. The minimum absolute atomic E-state index is 0.120. The van der Waals surface area contributed by atoms with E-state index < -0.39 is 10.1 Å². The van der Waals surface area contributed by atoms with E-state index in [4.69, 9.17) is 4.18 Å². The van der Waals surface area contributed by atoms with Crippen molar-refractivity contribution in [2.45, 2.75) is 12.7 Å². The number of para-hydroxylation sites is 2. The zero-order valence-electron chi connectivity index (χ0n) is 11.1. The first-order valence-electron chi connectivity index (χ1n) is 6.46. The van der Waals surface area contributed by atoms with Crippen molar-refractivity contribution in [3.63, 3.8) is 0 Å². The van der Waals surface area contributed by atoms with Crippen molar-refractivity contribution in [2.24, 2.45) is 0 Å². The summed E-state index contributed by atoms with van der Waals surface area (Å²) in [6.45, 7) is 1.83. The number of H-pyrrole nitrogens is 1. The lowest BCUT2D eigenvalue weighted by Gasteiger charge is -2.04. The molecule has 0 atom stereocenters. The third-order valence-corrected chi connectivity index (χ3v) is 4.52. The molecule has 1 aromatic heterocycles. The summed E-state index contributed by atoms with van der Waals surface area (Å²) in [6.07, 6.45) is 0. The molecule has 3 rings (SSSR count). The van der Waals surface area contributed by atoms with Crippen LogP contribution in [0.2, 0.25) is 0 Å². The maximum Gasteiger partial charge on any atom is 0.271 e. The fraction of sp³-hybridized carbons (Fsp3) is 0.200. The molecule has 0 saturated heterocycles. The topological polar surface area (TPSA) is 59.2 Å². The van der Waals surface area contributed by atoms with E-state index in [0.29, 0.717) is 0 Å². The normalized spacial score (nSPS) is 12.2. The first-order valence-corrected chi connectivity index (χ1v) is 8.04. The Morgan fingerprint density at radius 1 is 1.05 bits per heavy atom. The highest BCUT2D eigenvalue weighted by Gasteiger charge is 2.15. The maximum absolute atomic E-state index is 11.8. The molecule has 20 heavy (non-hydrogen) atoms. The molecule has 4 nitrogen and oxygen atoms in total. The number of hydrogen-bond acceptors (Lipinski definition) is 3. The van der Waals surface area contributed by atoms with Gasteiger partial charge in [0.1, 0.15) is 5.75 Å². The quantitative estimate of drug-likeness (QED) is 0.750. The van der Waals surface area contributed by atoms with Crippen LogP contribution in [0.15, 0.2) is 42.5 Å². The first-order chi connectivity index (χ1) is 9.61. The van der Waals surface area contributed by atoms with Gasteiger partial charge in [0, 0.05) is 16.3 Å². The van der Waals surface area contributed by atoms with Gasteiger partial charge in [-0.15, -0.1) is 0 Å². The fourth-order valence-electron chi connectivity index (χ4n) is 2.47. The third-order valence-electron chi connectivity index (χ3n) is 3.26. The predicted molar refractivity (Wildman–Crippen MR) is 80.1 cm³/mol. The number of fused-ring (bicyclic) bond motifs is 3. The fourth-order valence-corrected chi connectivity index (χ4v) is 3.53. The number of benzene rings is 2. The van der Waals surface area contributed by atoms with Gasteiger partial charge in [-0.25, -0.2) is 0 Å². The molecule has 0 amide bonds. The second-order valence-electron chi connectivity index (χ2n) is 4.62. The Morgan fingerprint density at radius 2 is 1.80 bits per heavy atom. The summed E-state index contributed by atoms with van der Waals surface area (Å²) in [5, 5.41) is 2.13. The van der Waals surface area contributed by atoms with Crippen LogP contribution in [0.5, 0.6) is 0 Å². The number of hydrogen-bond donors (Lipinski definition) is 1. The Kier molecular flexibility index (Phi) is 3.23. The Labute approximate surface area is 117 Å². The van der Waals surface area contributed by atoms with Crippen LogP contribution in [0.1, 0.15) is 12.5 Å². The van der Waals surface area contributed by atoms with E-state index in [1.54, 1.807) is 6.92 Å². The largest absolute Gasteiger partial charge is 0.354 e. The molecule has 5 heteroatoms. The number of nitrogens with one attached hydrogen (secondary N) is 1. The summed E-state index contributed by atoms with van der Waals surface area (Å²) in [5.41, 5.74) is 2.59. The molecular formula is C15H15NO3S. The van der Waals surface area contributed by atoms with E-state index in [1.165, 1.54) is 0 Å². The van der Waals surface area contributed by atoms with Gasteiger partial charge in [-0.3, -0.25) is 4.18 Å². The van der Waals surface area contributed by atoms with Gasteiger partial charge in [0.2, 0.25) is 0 Å². The molecule has 0 fully saturated rings. The van der Waals surface area contributed by atoms with Crippen LogP contribution in [0.25, 0.3) is 21.8 Å². The second kappa shape index (κ2) is 4.92. The minimum atomic E-state index is -3.53. The van der Waals surface area contributed by atoms with Crippen LogP contribution in [-0.4, -0.2) is 20.0 Å². The lowest BCUT2D eigenvalue weighted by Crippen LogP contribution is -2.08. The Hall–Kier alpha value is -1.85. The standard InChI is InChI=1S/C15H15NO3S/c1-2-19-20(17,18)10-11-6-5-8-13-12-7-3-4-9-14(12)16-15(11)13/h3-9,16H,2,10H2,1H3. The van der Waals surface area contributed by atoms with Crippen LogP contribution < -0.4 is 0 Å². The Bertz CT molecular complexity index is 865. The molecule has 1 heterocycles. The van der Waals surface area contributed by atoms with Crippen LogP contribution in [-0.2, 0) is 20.1 Å². The minimum Gasteiger partial charge on any atom is -0.354 e. The molecule has 0 saturated carbocycles. The zero-order chi connectivity index (χ0) is 14.2. The average molecular weight is 289 g/mol. The molecule has 0 aliphatic rings. The van der Waals surface area contributed by atoms with Gasteiger partial charge in [0.05, 0.1) is 12.1 Å². The molecule has 0 spiro atoms. The SMILES string of the molecule is CCOS(=O)(=O)Cc1cccc2c1[nH]c1ccccc12. The highest BCUT2D eigenvalue weighted by molar-refractivity contribution is 7.85. The van der Waals surface area contributed by atoms with Gasteiger partial charge in [0.15, 0.2) is 0 Å². The average Bonchev–Trinajstić information content (AvgIpc) is 2.78. The number of aromatic nitrogens is 1. The van der Waals surface area contributed by atoms with E-state index in [9.17, 15) is 8.42 Å². The molecule has 0 unspecified atom stereocenters. The van der Waals surface area contributed by atoms with Crippen molar-refractivity contribution in [1.29, 1.82) is 0 Å². The van der Waals surface area contributed by atoms with E-state index in [-0.39, 0.29) is 12.4 Å². The smallest absolute Gasteiger partial charge is 0.271 e. The number of rotatable bonds is 4. The third kappa shape index (κ3) is 2.30. The summed E-state index contributed by atoms with van der Waals surface area (Å²) < 4.78 is 28.5. The van der Waals surface area contributed by atoms with E-state index in [2.05, 4.69) is 4.98 Å². The van der Waals surface area contributed by atoms with Gasteiger partial charge < -0.3 is 4.98 Å². The molecule has 3 aromatic rings. The molecular weight excluding hydrogens is 274 g/mol. The molecule has 0 aliphatic heterocycles. The summed E-state index contributed by atoms with van der Waals surface area (Å²) >= 11 is 0. The maximum atomic E-state index is 11.8. The van der Waals surface area contributed by atoms with Gasteiger partial charge in [-0.2, -0.15) is 8.42 Å². The monoisotopic (exact) mass is 289 g/mol. The molecule has 1 N–H and O–H groups in total. The van der Waals surface area contributed by atoms with Crippen LogP contribution >= 0.6 is 0 Å². The van der Waals surface area contributed by atoms with E-state index in [1.807, 2.05) is 42.5 Å². The van der Waals surface area contributed by atoms with Crippen LogP contribution in [0.4, 0.5) is 0 Å². The zero-order valence-corrected chi connectivity index (χ0v) is 11.9. The van der Waals surface area contributed by atoms with Crippen molar-refractivity contribution in [3.8, 4) is 0 Å². The highest BCUT2D eigenvalue weighted by atomic mass is 32.2. The van der Waals surface area contributed by atoms with E-state index in [0.717, 1.165) is 27.4 Å². The van der Waals surface area contributed by atoms with Crippen molar-refractivity contribution >= 4 is 31.9 Å². The van der Waals surface area contributed by atoms with Crippen molar-refractivity contribution in [3.05, 3.63) is 48.0 Å². The molecule has 0 aliphatic carbocycles. The Balaban J connectivity index is 2.17. The molecule has 0 radical (unpaired) electrons. The molecule has 2 aromatic carbocycles. The van der Waals surface area contributed by atoms with Crippen LogP contribution in [0.3, 0.4) is 0 Å². The highest BCUT2D eigenvalue weighted by Crippen LogP contribution is 2.28. The van der Waals surface area contributed by atoms with Crippen molar-refractivity contribution < 1.29 is 12.6 Å². The summed E-state index contributed by atoms with van der Waals surface area (Å²) in [6, 6.07) is 13.6. The van der Waals surface area contributed by atoms with Crippen LogP contribution in [0, 0.1) is 0 Å². The Morgan fingerprint density at radius 3 is 2.60 bits per heavy atom. The van der Waals surface area contributed by atoms with E-state index >= 15 is 0 Å². The predicted octanol–water partition coefficient (Wildman–Crippen LogP) is 3.19. The summed E-state index contributed by atoms with van der Waals surface area (Å²) in [5.74, 6) is -0.120. The number of aromatic amines is 1. The van der Waals surface area contributed by atoms with Crippen molar-refractivity contribution in [1.82, 2.24) is 4.98 Å². The second-order valence-corrected chi connectivity index (χ2v) is 6.26. The lowest BCUT2D eigenvalue weighted by atomic mass is 10.1. The van der Waals surface area contributed by atoms with Gasteiger partial charge in [-0.1, -0.05) is 36.4 Å². The first kappa shape index (κ1) is 13.1. The summed E-state index contributed by atoms with van der Waals surface area (Å²) in [4.78, 5) is 3.29. The molecule has 0 bridgehead atoms.